The molecule has 0 atom stereocenters. The maximum Gasteiger partial charge on any atom is 0.219 e. The van der Waals surface area contributed by atoms with Crippen molar-refractivity contribution in [3.8, 4) is 5.88 Å². The van der Waals surface area contributed by atoms with Crippen LogP contribution in [0.15, 0.2) is 60.7 Å². The highest BCUT2D eigenvalue weighted by atomic mass is 16.5. The second-order valence-corrected chi connectivity index (χ2v) is 2.71. The minimum Gasteiger partial charge on any atom is -0.504 e. The van der Waals surface area contributed by atoms with Gasteiger partial charge in [0.15, 0.2) is 11.5 Å². The van der Waals surface area contributed by atoms with E-state index in [-0.39, 0.29) is 5.76 Å². The molecule has 0 saturated heterocycles. The van der Waals surface area contributed by atoms with Crippen molar-refractivity contribution in [3.05, 3.63) is 60.7 Å². The fourth-order valence-electron chi connectivity index (χ4n) is 0.941. The molecule has 0 fully saturated rings. The SMILES string of the molecule is C=C/C=C(Oc1ccccn1)\C(O)=C/C. The quantitative estimate of drug-likeness (QED) is 0.604. The van der Waals surface area contributed by atoms with Gasteiger partial charge in [0.1, 0.15) is 0 Å². The zero-order valence-corrected chi connectivity index (χ0v) is 8.55. The summed E-state index contributed by atoms with van der Waals surface area (Å²) in [6, 6.07) is 5.31. The van der Waals surface area contributed by atoms with Crippen molar-refractivity contribution in [3.63, 3.8) is 0 Å². The van der Waals surface area contributed by atoms with E-state index in [2.05, 4.69) is 11.6 Å². The summed E-state index contributed by atoms with van der Waals surface area (Å²) in [7, 11) is 0. The summed E-state index contributed by atoms with van der Waals surface area (Å²) < 4.78 is 5.37. The summed E-state index contributed by atoms with van der Waals surface area (Å²) in [6.45, 7) is 5.26. The van der Waals surface area contributed by atoms with Gasteiger partial charge >= 0.3 is 0 Å². The molecule has 15 heavy (non-hydrogen) atoms. The molecule has 78 valence electrons. The third-order valence-electron chi connectivity index (χ3n) is 1.65. The molecule has 1 heterocycles. The van der Waals surface area contributed by atoms with Gasteiger partial charge in [-0.2, -0.15) is 0 Å². The number of aromatic nitrogens is 1. The van der Waals surface area contributed by atoms with E-state index in [1.807, 2.05) is 0 Å². The summed E-state index contributed by atoms with van der Waals surface area (Å²) in [5.74, 6) is 0.811. The lowest BCUT2D eigenvalue weighted by Crippen LogP contribution is -1.99. The highest BCUT2D eigenvalue weighted by Crippen LogP contribution is 2.13. The van der Waals surface area contributed by atoms with E-state index < -0.39 is 0 Å². The van der Waals surface area contributed by atoms with Gasteiger partial charge in [0, 0.05) is 12.3 Å². The van der Waals surface area contributed by atoms with E-state index in [9.17, 15) is 5.11 Å². The molecule has 0 aliphatic rings. The summed E-state index contributed by atoms with van der Waals surface area (Å²) in [4.78, 5) is 3.98. The Balaban J connectivity index is 2.86. The number of hydrogen-bond acceptors (Lipinski definition) is 3. The van der Waals surface area contributed by atoms with Gasteiger partial charge in [-0.25, -0.2) is 4.98 Å². The van der Waals surface area contributed by atoms with Crippen LogP contribution in [-0.2, 0) is 0 Å². The van der Waals surface area contributed by atoms with Crippen molar-refractivity contribution in [2.75, 3.05) is 0 Å². The van der Waals surface area contributed by atoms with E-state index in [4.69, 9.17) is 4.74 Å². The van der Waals surface area contributed by atoms with Crippen LogP contribution in [0.25, 0.3) is 0 Å². The molecule has 0 amide bonds. The van der Waals surface area contributed by atoms with Gasteiger partial charge in [0.2, 0.25) is 5.88 Å². The van der Waals surface area contributed by atoms with Gasteiger partial charge < -0.3 is 9.84 Å². The topological polar surface area (TPSA) is 42.4 Å². The van der Waals surface area contributed by atoms with Crippen molar-refractivity contribution in [1.82, 2.24) is 4.98 Å². The van der Waals surface area contributed by atoms with Crippen LogP contribution < -0.4 is 4.74 Å². The molecule has 0 aliphatic carbocycles. The molecular formula is C12H13NO2. The van der Waals surface area contributed by atoms with Crippen molar-refractivity contribution < 1.29 is 9.84 Å². The molecule has 3 heteroatoms. The van der Waals surface area contributed by atoms with Crippen LogP contribution in [0.4, 0.5) is 0 Å². The highest BCUT2D eigenvalue weighted by Gasteiger charge is 2.04. The summed E-state index contributed by atoms with van der Waals surface area (Å²) in [5.41, 5.74) is 0. The van der Waals surface area contributed by atoms with E-state index in [1.165, 1.54) is 12.2 Å². The standard InChI is InChI=1S/C12H13NO2/c1-3-7-11(10(14)4-2)15-12-8-5-6-9-13-12/h3-9,14H,1H2,2H3/b10-4+,11-7+. The van der Waals surface area contributed by atoms with Crippen LogP contribution in [0.5, 0.6) is 5.88 Å². The summed E-state index contributed by atoms with van der Waals surface area (Å²) in [5, 5.41) is 9.50. The second kappa shape index (κ2) is 5.65. The monoisotopic (exact) mass is 203 g/mol. The molecule has 0 spiro atoms. The number of pyridine rings is 1. The zero-order valence-electron chi connectivity index (χ0n) is 8.55. The smallest absolute Gasteiger partial charge is 0.219 e. The van der Waals surface area contributed by atoms with Crippen molar-refractivity contribution in [2.45, 2.75) is 6.92 Å². The molecule has 1 rings (SSSR count). The Morgan fingerprint density at radius 1 is 1.53 bits per heavy atom. The Kier molecular flexibility index (Phi) is 4.16. The van der Waals surface area contributed by atoms with Crippen LogP contribution in [0.1, 0.15) is 6.92 Å². The van der Waals surface area contributed by atoms with Gasteiger partial charge in [-0.1, -0.05) is 18.7 Å². The molecule has 1 aromatic heterocycles. The molecule has 0 unspecified atom stereocenters. The van der Waals surface area contributed by atoms with Crippen molar-refractivity contribution in [1.29, 1.82) is 0 Å². The lowest BCUT2D eigenvalue weighted by atomic mass is 10.3. The lowest BCUT2D eigenvalue weighted by Gasteiger charge is -2.07. The Hall–Kier alpha value is -2.03. The van der Waals surface area contributed by atoms with Crippen LogP contribution in [0.3, 0.4) is 0 Å². The first kappa shape index (κ1) is 11.0. The van der Waals surface area contributed by atoms with Gasteiger partial charge in [-0.3, -0.25) is 0 Å². The molecule has 0 saturated carbocycles. The number of hydrogen-bond donors (Lipinski definition) is 1. The number of allylic oxidation sites excluding steroid dienone is 3. The minimum atomic E-state index is 0.0561. The predicted octanol–water partition coefficient (Wildman–Crippen LogP) is 2.99. The van der Waals surface area contributed by atoms with E-state index in [0.717, 1.165) is 0 Å². The molecule has 1 N–H and O–H groups in total. The first-order chi connectivity index (χ1) is 7.27. The highest BCUT2D eigenvalue weighted by molar-refractivity contribution is 5.26. The van der Waals surface area contributed by atoms with Crippen LogP contribution in [0, 0.1) is 0 Å². The molecule has 1 aromatic rings. The number of aliphatic hydroxyl groups is 1. The normalized spacial score (nSPS) is 12.3. The third kappa shape index (κ3) is 3.31. The largest absolute Gasteiger partial charge is 0.504 e. The number of rotatable bonds is 4. The fourth-order valence-corrected chi connectivity index (χ4v) is 0.941. The average molecular weight is 203 g/mol. The maximum atomic E-state index is 9.50. The van der Waals surface area contributed by atoms with E-state index in [1.54, 1.807) is 37.4 Å². The fraction of sp³-hybridized carbons (Fsp3) is 0.0833. The number of nitrogens with zero attached hydrogens (tertiary/aromatic N) is 1. The molecule has 0 aromatic carbocycles. The second-order valence-electron chi connectivity index (χ2n) is 2.71. The summed E-state index contributed by atoms with van der Waals surface area (Å²) in [6.07, 6.45) is 6.27. The number of ether oxygens (including phenoxy) is 1. The zero-order chi connectivity index (χ0) is 11.1. The summed E-state index contributed by atoms with van der Waals surface area (Å²) >= 11 is 0. The van der Waals surface area contributed by atoms with Crippen LogP contribution in [0.2, 0.25) is 0 Å². The Labute approximate surface area is 89.0 Å². The van der Waals surface area contributed by atoms with Gasteiger partial charge in [-0.15, -0.1) is 0 Å². The molecule has 0 radical (unpaired) electrons. The predicted molar refractivity (Wildman–Crippen MR) is 59.5 cm³/mol. The number of aliphatic hydroxyl groups excluding tert-OH is 1. The molecular weight excluding hydrogens is 190 g/mol. The van der Waals surface area contributed by atoms with Gasteiger partial charge in [0.05, 0.1) is 0 Å². The maximum absolute atomic E-state index is 9.50. The third-order valence-corrected chi connectivity index (χ3v) is 1.65. The first-order valence-electron chi connectivity index (χ1n) is 4.55. The van der Waals surface area contributed by atoms with Crippen molar-refractivity contribution in [2.24, 2.45) is 0 Å². The Morgan fingerprint density at radius 3 is 2.87 bits per heavy atom. The lowest BCUT2D eigenvalue weighted by molar-refractivity contribution is 0.330. The molecule has 3 nitrogen and oxygen atoms in total. The van der Waals surface area contributed by atoms with Crippen LogP contribution in [-0.4, -0.2) is 10.1 Å². The first-order valence-corrected chi connectivity index (χ1v) is 4.55. The van der Waals surface area contributed by atoms with Crippen LogP contribution >= 0.6 is 0 Å². The van der Waals surface area contributed by atoms with Gasteiger partial charge in [0.25, 0.3) is 0 Å². The molecule has 0 aliphatic heterocycles. The van der Waals surface area contributed by atoms with Gasteiger partial charge in [-0.05, 0) is 25.1 Å². The Bertz CT molecular complexity index is 380. The van der Waals surface area contributed by atoms with E-state index in [0.29, 0.717) is 11.6 Å². The van der Waals surface area contributed by atoms with Crippen molar-refractivity contribution >= 4 is 0 Å². The minimum absolute atomic E-state index is 0.0561. The van der Waals surface area contributed by atoms with E-state index >= 15 is 0 Å². The Morgan fingerprint density at radius 2 is 2.33 bits per heavy atom. The average Bonchev–Trinajstić information content (AvgIpc) is 2.29. The molecule has 0 bridgehead atoms.